The summed E-state index contributed by atoms with van der Waals surface area (Å²) in [5, 5.41) is 3.25. The zero-order valence-corrected chi connectivity index (χ0v) is 15.3. The van der Waals surface area contributed by atoms with Crippen LogP contribution in [0.5, 0.6) is 0 Å². The monoisotopic (exact) mass is 351 g/mol. The van der Waals surface area contributed by atoms with Crippen molar-refractivity contribution in [2.24, 2.45) is 10.8 Å². The Bertz CT molecular complexity index is 532. The first-order chi connectivity index (χ1) is 9.58. The molecule has 0 aliphatic heterocycles. The number of nitrogens with one attached hydrogen (secondary N) is 1. The SMILES string of the molecule is Cc1ccc(Br)cc1C(=O)NC1CC(C)(C)CC(C)(C)C1. The zero-order valence-electron chi connectivity index (χ0n) is 13.7. The Hall–Kier alpha value is -0.830. The summed E-state index contributed by atoms with van der Waals surface area (Å²) in [6.45, 7) is 11.2. The fraction of sp³-hybridized carbons (Fsp3) is 0.611. The van der Waals surface area contributed by atoms with Crippen LogP contribution in [0.4, 0.5) is 0 Å². The molecule has 1 N–H and O–H groups in total. The van der Waals surface area contributed by atoms with Gasteiger partial charge in [-0.25, -0.2) is 0 Å². The van der Waals surface area contributed by atoms with Crippen LogP contribution in [0.1, 0.15) is 62.9 Å². The number of aryl methyl sites for hydroxylation is 1. The third-order valence-electron chi connectivity index (χ3n) is 4.33. The van der Waals surface area contributed by atoms with E-state index in [0.29, 0.717) is 0 Å². The number of carbonyl (C=O) groups is 1. The lowest BCUT2D eigenvalue weighted by atomic mass is 9.63. The average molecular weight is 352 g/mol. The van der Waals surface area contributed by atoms with Gasteiger partial charge in [0.2, 0.25) is 0 Å². The molecule has 1 amide bonds. The minimum absolute atomic E-state index is 0.0484. The van der Waals surface area contributed by atoms with Gasteiger partial charge in [0, 0.05) is 16.1 Å². The quantitative estimate of drug-likeness (QED) is 0.789. The summed E-state index contributed by atoms with van der Waals surface area (Å²) in [6, 6.07) is 6.12. The molecule has 0 bridgehead atoms. The molecular weight excluding hydrogens is 326 g/mol. The molecule has 0 spiro atoms. The number of amides is 1. The smallest absolute Gasteiger partial charge is 0.251 e. The summed E-state index contributed by atoms with van der Waals surface area (Å²) in [7, 11) is 0. The van der Waals surface area contributed by atoms with E-state index in [1.807, 2.05) is 25.1 Å². The van der Waals surface area contributed by atoms with Gasteiger partial charge in [-0.2, -0.15) is 0 Å². The van der Waals surface area contributed by atoms with Crippen LogP contribution in [-0.2, 0) is 0 Å². The summed E-state index contributed by atoms with van der Waals surface area (Å²) in [5.41, 5.74) is 2.36. The highest BCUT2D eigenvalue weighted by atomic mass is 79.9. The summed E-state index contributed by atoms with van der Waals surface area (Å²) in [6.07, 6.45) is 3.31. The Balaban J connectivity index is 2.14. The number of hydrogen-bond acceptors (Lipinski definition) is 1. The molecule has 2 nitrogen and oxygen atoms in total. The highest BCUT2D eigenvalue weighted by molar-refractivity contribution is 9.10. The van der Waals surface area contributed by atoms with Gasteiger partial charge >= 0.3 is 0 Å². The second-order valence-electron chi connectivity index (χ2n) is 8.04. The molecule has 116 valence electrons. The van der Waals surface area contributed by atoms with Crippen molar-refractivity contribution in [2.45, 2.75) is 59.9 Å². The van der Waals surface area contributed by atoms with Crippen LogP contribution in [0.2, 0.25) is 0 Å². The number of rotatable bonds is 2. The van der Waals surface area contributed by atoms with Gasteiger partial charge in [-0.1, -0.05) is 49.7 Å². The van der Waals surface area contributed by atoms with Gasteiger partial charge in [-0.05, 0) is 54.7 Å². The molecule has 1 saturated carbocycles. The van der Waals surface area contributed by atoms with E-state index in [0.717, 1.165) is 28.4 Å². The highest BCUT2D eigenvalue weighted by Gasteiger charge is 2.39. The number of hydrogen-bond donors (Lipinski definition) is 1. The topological polar surface area (TPSA) is 29.1 Å². The third-order valence-corrected chi connectivity index (χ3v) is 4.83. The fourth-order valence-corrected chi connectivity index (χ4v) is 4.41. The largest absolute Gasteiger partial charge is 0.349 e. The second kappa shape index (κ2) is 5.75. The van der Waals surface area contributed by atoms with Gasteiger partial charge in [-0.3, -0.25) is 4.79 Å². The van der Waals surface area contributed by atoms with Crippen LogP contribution < -0.4 is 5.32 Å². The lowest BCUT2D eigenvalue weighted by Gasteiger charge is -2.45. The first-order valence-corrected chi connectivity index (χ1v) is 8.44. The van der Waals surface area contributed by atoms with E-state index in [-0.39, 0.29) is 22.8 Å². The molecule has 1 fully saturated rings. The molecule has 1 aliphatic carbocycles. The van der Waals surface area contributed by atoms with Crippen molar-refractivity contribution in [3.8, 4) is 0 Å². The number of benzene rings is 1. The molecule has 0 aromatic heterocycles. The standard InChI is InChI=1S/C18H26BrNO/c1-12-6-7-13(19)8-15(12)16(21)20-14-9-17(2,3)11-18(4,5)10-14/h6-8,14H,9-11H2,1-5H3,(H,20,21). The molecule has 21 heavy (non-hydrogen) atoms. The molecular formula is C18H26BrNO. The Kier molecular flexibility index (Phi) is 4.53. The van der Waals surface area contributed by atoms with E-state index in [1.165, 1.54) is 6.42 Å². The van der Waals surface area contributed by atoms with Gasteiger partial charge in [0.05, 0.1) is 0 Å². The van der Waals surface area contributed by atoms with Gasteiger partial charge in [-0.15, -0.1) is 0 Å². The van der Waals surface area contributed by atoms with Crippen molar-refractivity contribution in [2.75, 3.05) is 0 Å². The van der Waals surface area contributed by atoms with Crippen molar-refractivity contribution >= 4 is 21.8 Å². The Labute approximate surface area is 136 Å². The molecule has 1 aliphatic rings. The van der Waals surface area contributed by atoms with E-state index in [9.17, 15) is 4.79 Å². The normalized spacial score (nSPS) is 21.0. The highest BCUT2D eigenvalue weighted by Crippen LogP contribution is 2.45. The van der Waals surface area contributed by atoms with E-state index >= 15 is 0 Å². The predicted octanol–water partition coefficient (Wildman–Crippen LogP) is 5.09. The molecule has 0 heterocycles. The lowest BCUT2D eigenvalue weighted by molar-refractivity contribution is 0.0713. The van der Waals surface area contributed by atoms with Crippen LogP contribution in [0.25, 0.3) is 0 Å². The van der Waals surface area contributed by atoms with Crippen LogP contribution in [0.3, 0.4) is 0 Å². The molecule has 1 aromatic rings. The molecule has 0 unspecified atom stereocenters. The fourth-order valence-electron chi connectivity index (χ4n) is 4.05. The average Bonchev–Trinajstić information content (AvgIpc) is 2.27. The van der Waals surface area contributed by atoms with Gasteiger partial charge < -0.3 is 5.32 Å². The molecule has 2 rings (SSSR count). The zero-order chi connectivity index (χ0) is 15.8. The second-order valence-corrected chi connectivity index (χ2v) is 8.96. The molecule has 0 radical (unpaired) electrons. The van der Waals surface area contributed by atoms with Crippen LogP contribution in [0.15, 0.2) is 22.7 Å². The maximum Gasteiger partial charge on any atom is 0.251 e. The van der Waals surface area contributed by atoms with Gasteiger partial charge in [0.25, 0.3) is 5.91 Å². The molecule has 0 saturated heterocycles. The Morgan fingerprint density at radius 2 is 1.76 bits per heavy atom. The van der Waals surface area contributed by atoms with E-state index < -0.39 is 0 Å². The van der Waals surface area contributed by atoms with Crippen molar-refractivity contribution in [1.82, 2.24) is 5.32 Å². The summed E-state index contributed by atoms with van der Waals surface area (Å²) >= 11 is 3.45. The minimum Gasteiger partial charge on any atom is -0.349 e. The third kappa shape index (κ3) is 4.32. The number of carbonyl (C=O) groups excluding carboxylic acids is 1. The van der Waals surface area contributed by atoms with Crippen molar-refractivity contribution in [3.05, 3.63) is 33.8 Å². The van der Waals surface area contributed by atoms with Gasteiger partial charge in [0.15, 0.2) is 0 Å². The van der Waals surface area contributed by atoms with E-state index in [2.05, 4.69) is 48.9 Å². The summed E-state index contributed by atoms with van der Waals surface area (Å²) in [4.78, 5) is 12.6. The summed E-state index contributed by atoms with van der Waals surface area (Å²) < 4.78 is 0.947. The Morgan fingerprint density at radius 1 is 1.19 bits per heavy atom. The first-order valence-electron chi connectivity index (χ1n) is 7.65. The van der Waals surface area contributed by atoms with Crippen molar-refractivity contribution in [3.63, 3.8) is 0 Å². The maximum absolute atomic E-state index is 12.6. The minimum atomic E-state index is 0.0484. The van der Waals surface area contributed by atoms with Crippen LogP contribution >= 0.6 is 15.9 Å². The van der Waals surface area contributed by atoms with Crippen LogP contribution in [-0.4, -0.2) is 11.9 Å². The van der Waals surface area contributed by atoms with E-state index in [4.69, 9.17) is 0 Å². The molecule has 1 aromatic carbocycles. The first kappa shape index (κ1) is 16.5. The number of halogens is 1. The van der Waals surface area contributed by atoms with Crippen molar-refractivity contribution in [1.29, 1.82) is 0 Å². The molecule has 3 heteroatoms. The predicted molar refractivity (Wildman–Crippen MR) is 91.5 cm³/mol. The Morgan fingerprint density at radius 3 is 2.33 bits per heavy atom. The van der Waals surface area contributed by atoms with Gasteiger partial charge in [0.1, 0.15) is 0 Å². The van der Waals surface area contributed by atoms with Crippen molar-refractivity contribution < 1.29 is 4.79 Å². The lowest BCUT2D eigenvalue weighted by Crippen LogP contribution is -2.46. The van der Waals surface area contributed by atoms with Crippen LogP contribution in [0, 0.1) is 17.8 Å². The summed E-state index contributed by atoms with van der Waals surface area (Å²) in [5.74, 6) is 0.0484. The van der Waals surface area contributed by atoms with E-state index in [1.54, 1.807) is 0 Å². The maximum atomic E-state index is 12.6. The molecule has 0 atom stereocenters.